The predicted molar refractivity (Wildman–Crippen MR) is 38.8 cm³/mol. The van der Waals surface area contributed by atoms with Gasteiger partial charge in [0.25, 0.3) is 0 Å². The Morgan fingerprint density at radius 1 is 1.40 bits per heavy atom. The first-order valence-corrected chi connectivity index (χ1v) is 4.56. The fourth-order valence-electron chi connectivity index (χ4n) is 0.580. The second-order valence-electron chi connectivity index (χ2n) is 1.60. The van der Waals surface area contributed by atoms with E-state index < -0.39 is 10.3 Å². The van der Waals surface area contributed by atoms with E-state index in [0.717, 1.165) is 4.31 Å². The summed E-state index contributed by atoms with van der Waals surface area (Å²) in [5.74, 6) is 0. The summed E-state index contributed by atoms with van der Waals surface area (Å²) in [5.41, 5.74) is 0. The van der Waals surface area contributed by atoms with Crippen LogP contribution in [0.1, 0.15) is 13.8 Å². The Labute approximate surface area is 66.2 Å². The van der Waals surface area contributed by atoms with Gasteiger partial charge in [0.2, 0.25) is 0 Å². The largest absolute Gasteiger partial charge is 0.354 e. The van der Waals surface area contributed by atoms with Gasteiger partial charge in [-0.15, -0.1) is 3.74 Å². The van der Waals surface area contributed by atoms with E-state index >= 15 is 0 Å². The van der Waals surface area contributed by atoms with Crippen LogP contribution in [0.4, 0.5) is 0 Å². The van der Waals surface area contributed by atoms with Crippen molar-refractivity contribution in [3.8, 4) is 0 Å². The zero-order valence-electron chi connectivity index (χ0n) is 5.87. The van der Waals surface area contributed by atoms with E-state index in [-0.39, 0.29) is 0 Å². The summed E-state index contributed by atoms with van der Waals surface area (Å²) in [7, 11) is -3.66. The van der Waals surface area contributed by atoms with Gasteiger partial charge in [0.1, 0.15) is 0 Å². The highest BCUT2D eigenvalue weighted by atomic mass is 35.5. The van der Waals surface area contributed by atoms with Crippen LogP contribution >= 0.6 is 11.9 Å². The molecule has 0 saturated carbocycles. The third-order valence-electron chi connectivity index (χ3n) is 1.10. The van der Waals surface area contributed by atoms with Crippen LogP contribution in [0.2, 0.25) is 0 Å². The highest BCUT2D eigenvalue weighted by molar-refractivity contribution is 7.85. The first kappa shape index (κ1) is 10.2. The molecule has 0 radical (unpaired) electrons. The van der Waals surface area contributed by atoms with Gasteiger partial charge < -0.3 is 0 Å². The molecule has 0 heterocycles. The van der Waals surface area contributed by atoms with E-state index in [1.807, 2.05) is 0 Å². The normalized spacial score (nSPS) is 12.4. The van der Waals surface area contributed by atoms with Crippen LogP contribution in [-0.4, -0.2) is 25.8 Å². The SMILES string of the molecule is CCN(CC)S(=O)(=O)OCl. The summed E-state index contributed by atoms with van der Waals surface area (Å²) in [6.45, 7) is 4.14. The molecule has 0 aliphatic rings. The maximum absolute atomic E-state index is 10.7. The van der Waals surface area contributed by atoms with Crippen molar-refractivity contribution < 1.29 is 12.2 Å². The van der Waals surface area contributed by atoms with E-state index in [9.17, 15) is 8.42 Å². The molecule has 4 nitrogen and oxygen atoms in total. The molecule has 10 heavy (non-hydrogen) atoms. The maximum Gasteiger partial charge on any atom is 0.354 e. The molecule has 0 N–H and O–H groups in total. The third-order valence-corrected chi connectivity index (χ3v) is 2.89. The second kappa shape index (κ2) is 4.12. The first-order chi connectivity index (χ1) is 4.58. The Kier molecular flexibility index (Phi) is 4.19. The minimum Gasteiger partial charge on any atom is -0.180 e. The van der Waals surface area contributed by atoms with Crippen LogP contribution in [0.3, 0.4) is 0 Å². The second-order valence-corrected chi connectivity index (χ2v) is 3.48. The molecule has 0 spiro atoms. The van der Waals surface area contributed by atoms with Gasteiger partial charge in [-0.1, -0.05) is 13.8 Å². The molecule has 62 valence electrons. The molecule has 0 saturated heterocycles. The number of hydrogen-bond donors (Lipinski definition) is 0. The van der Waals surface area contributed by atoms with Gasteiger partial charge in [-0.2, -0.15) is 12.7 Å². The average Bonchev–Trinajstić information content (AvgIpc) is 1.90. The van der Waals surface area contributed by atoms with E-state index in [0.29, 0.717) is 13.1 Å². The number of nitrogens with zero attached hydrogens (tertiary/aromatic N) is 1. The van der Waals surface area contributed by atoms with Crippen molar-refractivity contribution in [1.29, 1.82) is 0 Å². The Balaban J connectivity index is 4.28. The Morgan fingerprint density at radius 2 is 1.80 bits per heavy atom. The zero-order chi connectivity index (χ0) is 8.20. The van der Waals surface area contributed by atoms with Crippen LogP contribution in [0.15, 0.2) is 0 Å². The standard InChI is InChI=1S/C4H10ClNO3S/c1-3-6(4-2)10(7,8)9-5/h3-4H2,1-2H3. The van der Waals surface area contributed by atoms with Crippen molar-refractivity contribution >= 4 is 22.2 Å². The lowest BCUT2D eigenvalue weighted by atomic mass is 10.7. The highest BCUT2D eigenvalue weighted by Gasteiger charge is 2.18. The van der Waals surface area contributed by atoms with Gasteiger partial charge in [-0.25, -0.2) is 0 Å². The molecule has 0 unspecified atom stereocenters. The van der Waals surface area contributed by atoms with E-state index in [2.05, 4.69) is 3.74 Å². The number of halogens is 1. The lowest BCUT2D eigenvalue weighted by Gasteiger charge is -2.13. The molecule has 0 aromatic carbocycles. The van der Waals surface area contributed by atoms with Crippen molar-refractivity contribution in [3.63, 3.8) is 0 Å². The molecule has 0 aliphatic carbocycles. The summed E-state index contributed by atoms with van der Waals surface area (Å²) in [5, 5.41) is 0. The van der Waals surface area contributed by atoms with Crippen molar-refractivity contribution in [2.75, 3.05) is 13.1 Å². The first-order valence-electron chi connectivity index (χ1n) is 2.88. The van der Waals surface area contributed by atoms with Crippen LogP contribution in [0, 0.1) is 0 Å². The van der Waals surface area contributed by atoms with Crippen LogP contribution < -0.4 is 0 Å². The lowest BCUT2D eigenvalue weighted by Crippen LogP contribution is -2.30. The van der Waals surface area contributed by atoms with Crippen LogP contribution in [-0.2, 0) is 14.0 Å². The minimum absolute atomic E-state index is 0.367. The van der Waals surface area contributed by atoms with Crippen LogP contribution in [0.5, 0.6) is 0 Å². The van der Waals surface area contributed by atoms with E-state index in [4.69, 9.17) is 11.9 Å². The van der Waals surface area contributed by atoms with Gasteiger partial charge in [0.05, 0.1) is 11.9 Å². The molecular weight excluding hydrogens is 178 g/mol. The van der Waals surface area contributed by atoms with Gasteiger partial charge in [-0.05, 0) is 0 Å². The minimum atomic E-state index is -3.66. The van der Waals surface area contributed by atoms with E-state index in [1.165, 1.54) is 0 Å². The molecule has 0 fully saturated rings. The highest BCUT2D eigenvalue weighted by Crippen LogP contribution is 2.03. The van der Waals surface area contributed by atoms with E-state index in [1.54, 1.807) is 13.8 Å². The monoisotopic (exact) mass is 187 g/mol. The number of hydrogen-bond acceptors (Lipinski definition) is 3. The summed E-state index contributed by atoms with van der Waals surface area (Å²) in [6, 6.07) is 0. The van der Waals surface area contributed by atoms with Crippen molar-refractivity contribution in [2.45, 2.75) is 13.8 Å². The molecule has 6 heteroatoms. The molecular formula is C4H10ClNO3S. The van der Waals surface area contributed by atoms with Crippen molar-refractivity contribution in [3.05, 3.63) is 0 Å². The summed E-state index contributed by atoms with van der Waals surface area (Å²) in [6.07, 6.45) is 0. The molecule has 0 amide bonds. The molecule has 0 bridgehead atoms. The molecule has 0 aromatic rings. The van der Waals surface area contributed by atoms with Crippen molar-refractivity contribution in [2.24, 2.45) is 0 Å². The fourth-order valence-corrected chi connectivity index (χ4v) is 1.53. The van der Waals surface area contributed by atoms with Gasteiger partial charge in [0, 0.05) is 13.1 Å². The molecule has 0 atom stereocenters. The Morgan fingerprint density at radius 3 is 1.90 bits per heavy atom. The number of rotatable bonds is 4. The summed E-state index contributed by atoms with van der Waals surface area (Å²) in [4.78, 5) is 0. The van der Waals surface area contributed by atoms with Gasteiger partial charge in [0.15, 0.2) is 0 Å². The molecule has 0 aliphatic heterocycles. The van der Waals surface area contributed by atoms with Crippen molar-refractivity contribution in [1.82, 2.24) is 4.31 Å². The topological polar surface area (TPSA) is 46.6 Å². The molecule has 0 aromatic heterocycles. The summed E-state index contributed by atoms with van der Waals surface area (Å²) >= 11 is 4.72. The smallest absolute Gasteiger partial charge is 0.180 e. The zero-order valence-corrected chi connectivity index (χ0v) is 7.44. The van der Waals surface area contributed by atoms with Gasteiger partial charge >= 0.3 is 10.3 Å². The van der Waals surface area contributed by atoms with Crippen LogP contribution in [0.25, 0.3) is 0 Å². The quantitative estimate of drug-likeness (QED) is 0.653. The Hall–Kier alpha value is 0.160. The summed E-state index contributed by atoms with van der Waals surface area (Å²) < 4.78 is 26.3. The fraction of sp³-hybridized carbons (Fsp3) is 1.00. The lowest BCUT2D eigenvalue weighted by molar-refractivity contribution is 0.386. The average molecular weight is 188 g/mol. The third kappa shape index (κ3) is 2.42. The maximum atomic E-state index is 10.7. The molecule has 0 rings (SSSR count). The van der Waals surface area contributed by atoms with Gasteiger partial charge in [-0.3, -0.25) is 0 Å². The predicted octanol–water partition coefficient (Wildman–Crippen LogP) is 0.743. The Bertz CT molecular complexity index is 175.